The predicted octanol–water partition coefficient (Wildman–Crippen LogP) is 1.33. The Morgan fingerprint density at radius 1 is 1.24 bits per heavy atom. The summed E-state index contributed by atoms with van der Waals surface area (Å²) < 4.78 is 26.6. The van der Waals surface area contributed by atoms with Gasteiger partial charge in [-0.15, -0.1) is 0 Å². The van der Waals surface area contributed by atoms with Crippen LogP contribution in [0.15, 0.2) is 0 Å². The van der Waals surface area contributed by atoms with Gasteiger partial charge >= 0.3 is 0 Å². The molecule has 0 spiro atoms. The minimum Gasteiger partial charge on any atom is -0.313 e. The Kier molecular flexibility index (Phi) is 4.44. The smallest absolute Gasteiger partial charge is 0.215 e. The second-order valence-electron chi connectivity index (χ2n) is 5.24. The molecule has 0 bridgehead atoms. The van der Waals surface area contributed by atoms with Crippen LogP contribution in [-0.4, -0.2) is 43.6 Å². The van der Waals surface area contributed by atoms with Gasteiger partial charge in [-0.05, 0) is 38.6 Å². The van der Waals surface area contributed by atoms with E-state index in [2.05, 4.69) is 12.2 Å². The van der Waals surface area contributed by atoms with Crippen LogP contribution in [0, 0.1) is 0 Å². The number of hydrogen-bond donors (Lipinski definition) is 1. The summed E-state index contributed by atoms with van der Waals surface area (Å²) in [6.45, 7) is 3.79. The van der Waals surface area contributed by atoms with Gasteiger partial charge in [0, 0.05) is 18.6 Å². The molecule has 2 rings (SSSR count). The summed E-state index contributed by atoms with van der Waals surface area (Å²) in [5, 5.41) is 3.28. The van der Waals surface area contributed by atoms with E-state index in [-0.39, 0.29) is 12.1 Å². The van der Waals surface area contributed by atoms with E-state index in [1.165, 1.54) is 6.42 Å². The zero-order valence-corrected chi connectivity index (χ0v) is 11.5. The average molecular weight is 260 g/mol. The van der Waals surface area contributed by atoms with Crippen molar-refractivity contribution < 1.29 is 8.42 Å². The number of hydrogen-bond acceptors (Lipinski definition) is 3. The third-order valence-corrected chi connectivity index (χ3v) is 5.99. The van der Waals surface area contributed by atoms with Crippen LogP contribution < -0.4 is 5.32 Å². The lowest BCUT2D eigenvalue weighted by molar-refractivity contribution is 0.246. The lowest BCUT2D eigenvalue weighted by Crippen LogP contribution is -2.47. The fourth-order valence-corrected chi connectivity index (χ4v) is 5.10. The van der Waals surface area contributed by atoms with E-state index in [0.29, 0.717) is 5.75 Å². The van der Waals surface area contributed by atoms with Gasteiger partial charge in [-0.25, -0.2) is 8.42 Å². The van der Waals surface area contributed by atoms with Crippen molar-refractivity contribution in [2.75, 3.05) is 18.8 Å². The van der Waals surface area contributed by atoms with Crippen molar-refractivity contribution >= 4 is 10.0 Å². The van der Waals surface area contributed by atoms with Crippen molar-refractivity contribution in [3.8, 4) is 0 Å². The average Bonchev–Trinajstić information content (AvgIpc) is 2.81. The van der Waals surface area contributed by atoms with E-state index in [1.54, 1.807) is 4.31 Å². The fraction of sp³-hybridized carbons (Fsp3) is 1.00. The molecule has 1 N–H and O–H groups in total. The molecule has 2 heterocycles. The minimum absolute atomic E-state index is 0.180. The first-order valence-electron chi connectivity index (χ1n) is 6.86. The molecule has 2 aliphatic rings. The molecular formula is C12H24N2O2S. The molecule has 100 valence electrons. The number of sulfonamides is 1. The molecule has 0 aromatic carbocycles. The van der Waals surface area contributed by atoms with Crippen LogP contribution in [-0.2, 0) is 10.0 Å². The topological polar surface area (TPSA) is 49.4 Å². The van der Waals surface area contributed by atoms with Crippen molar-refractivity contribution in [1.29, 1.82) is 0 Å². The largest absolute Gasteiger partial charge is 0.313 e. The predicted molar refractivity (Wildman–Crippen MR) is 69.4 cm³/mol. The van der Waals surface area contributed by atoms with E-state index >= 15 is 0 Å². The number of nitrogens with one attached hydrogen (secondary N) is 1. The summed E-state index contributed by atoms with van der Waals surface area (Å²) >= 11 is 0. The summed E-state index contributed by atoms with van der Waals surface area (Å²) in [4.78, 5) is 0. The molecule has 2 atom stereocenters. The maximum atomic E-state index is 12.4. The van der Waals surface area contributed by atoms with Gasteiger partial charge in [0.05, 0.1) is 5.75 Å². The van der Waals surface area contributed by atoms with Gasteiger partial charge in [-0.3, -0.25) is 0 Å². The van der Waals surface area contributed by atoms with Crippen molar-refractivity contribution in [2.24, 2.45) is 0 Å². The quantitative estimate of drug-likeness (QED) is 0.829. The fourth-order valence-electron chi connectivity index (χ4n) is 3.00. The van der Waals surface area contributed by atoms with Gasteiger partial charge in [-0.1, -0.05) is 13.3 Å². The van der Waals surface area contributed by atoms with Crippen LogP contribution in [0.4, 0.5) is 0 Å². The first-order valence-corrected chi connectivity index (χ1v) is 8.47. The maximum absolute atomic E-state index is 12.4. The third kappa shape index (κ3) is 3.20. The van der Waals surface area contributed by atoms with Crippen molar-refractivity contribution in [1.82, 2.24) is 9.62 Å². The number of rotatable bonds is 4. The molecule has 0 aliphatic carbocycles. The third-order valence-electron chi connectivity index (χ3n) is 3.98. The Balaban J connectivity index is 2.01. The molecule has 0 radical (unpaired) electrons. The van der Waals surface area contributed by atoms with E-state index < -0.39 is 10.0 Å². The number of piperidine rings is 1. The van der Waals surface area contributed by atoms with Crippen LogP contribution in [0.1, 0.15) is 45.4 Å². The summed E-state index contributed by atoms with van der Waals surface area (Å²) in [6, 6.07) is 0.426. The van der Waals surface area contributed by atoms with Gasteiger partial charge in [0.1, 0.15) is 0 Å². The first kappa shape index (κ1) is 13.3. The summed E-state index contributed by atoms with van der Waals surface area (Å²) in [6.07, 6.45) is 6.28. The highest BCUT2D eigenvalue weighted by Crippen LogP contribution is 2.24. The van der Waals surface area contributed by atoms with Crippen LogP contribution in [0.2, 0.25) is 0 Å². The standard InChI is InChI=1S/C12H24N2O2S/c1-2-12-7-3-4-9-14(12)17(15,16)10-11-6-5-8-13-11/h11-13H,2-10H2,1H3. The van der Waals surface area contributed by atoms with E-state index in [1.807, 2.05) is 0 Å². The molecule has 4 nitrogen and oxygen atoms in total. The Labute approximate surface area is 105 Å². The SMILES string of the molecule is CCC1CCCCN1S(=O)(=O)CC1CCCN1. The van der Waals surface area contributed by atoms with Gasteiger partial charge in [0.15, 0.2) is 0 Å². The first-order chi connectivity index (χ1) is 8.13. The van der Waals surface area contributed by atoms with Gasteiger partial charge in [0.25, 0.3) is 0 Å². The summed E-state index contributed by atoms with van der Waals surface area (Å²) in [5.41, 5.74) is 0. The summed E-state index contributed by atoms with van der Waals surface area (Å²) in [7, 11) is -3.06. The zero-order valence-electron chi connectivity index (χ0n) is 10.7. The maximum Gasteiger partial charge on any atom is 0.215 e. The Hall–Kier alpha value is -0.130. The molecule has 2 unspecified atom stereocenters. The molecular weight excluding hydrogens is 236 g/mol. The number of nitrogens with zero attached hydrogens (tertiary/aromatic N) is 1. The molecule has 2 fully saturated rings. The molecule has 5 heteroatoms. The normalized spacial score (nSPS) is 31.8. The highest BCUT2D eigenvalue weighted by molar-refractivity contribution is 7.89. The van der Waals surface area contributed by atoms with E-state index in [9.17, 15) is 8.42 Å². The van der Waals surface area contributed by atoms with E-state index in [0.717, 1.165) is 45.2 Å². The van der Waals surface area contributed by atoms with Gasteiger partial charge < -0.3 is 5.32 Å². The second kappa shape index (κ2) is 5.67. The molecule has 2 aliphatic heterocycles. The molecule has 0 amide bonds. The molecule has 0 aromatic heterocycles. The van der Waals surface area contributed by atoms with Crippen molar-refractivity contribution in [2.45, 2.75) is 57.5 Å². The molecule has 17 heavy (non-hydrogen) atoms. The highest BCUT2D eigenvalue weighted by atomic mass is 32.2. The highest BCUT2D eigenvalue weighted by Gasteiger charge is 2.33. The Bertz CT molecular complexity index is 336. The molecule has 0 saturated carbocycles. The van der Waals surface area contributed by atoms with Crippen LogP contribution in [0.3, 0.4) is 0 Å². The van der Waals surface area contributed by atoms with Crippen molar-refractivity contribution in [3.63, 3.8) is 0 Å². The van der Waals surface area contributed by atoms with Crippen LogP contribution >= 0.6 is 0 Å². The Morgan fingerprint density at radius 2 is 2.06 bits per heavy atom. The van der Waals surface area contributed by atoms with Crippen molar-refractivity contribution in [3.05, 3.63) is 0 Å². The molecule has 0 aromatic rings. The lowest BCUT2D eigenvalue weighted by Gasteiger charge is -2.34. The summed E-state index contributed by atoms with van der Waals surface area (Å²) in [5.74, 6) is 0.295. The zero-order chi connectivity index (χ0) is 12.3. The van der Waals surface area contributed by atoms with E-state index in [4.69, 9.17) is 0 Å². The molecule has 2 saturated heterocycles. The Morgan fingerprint density at radius 3 is 2.71 bits per heavy atom. The second-order valence-corrected chi connectivity index (χ2v) is 7.21. The van der Waals surface area contributed by atoms with Crippen LogP contribution in [0.25, 0.3) is 0 Å². The lowest BCUT2D eigenvalue weighted by atomic mass is 10.0. The van der Waals surface area contributed by atoms with Gasteiger partial charge in [-0.2, -0.15) is 4.31 Å². The monoisotopic (exact) mass is 260 g/mol. The minimum atomic E-state index is -3.06. The van der Waals surface area contributed by atoms with Crippen LogP contribution in [0.5, 0.6) is 0 Å². The van der Waals surface area contributed by atoms with Gasteiger partial charge in [0.2, 0.25) is 10.0 Å².